The molecule has 4 rings (SSSR count). The summed E-state index contributed by atoms with van der Waals surface area (Å²) in [6, 6.07) is 7.72. The average molecular weight is 500 g/mol. The van der Waals surface area contributed by atoms with Gasteiger partial charge in [-0.15, -0.1) is 22.7 Å². The second-order valence-corrected chi connectivity index (χ2v) is 10.0. The van der Waals surface area contributed by atoms with Gasteiger partial charge in [-0.2, -0.15) is 0 Å². The number of fused-ring (bicyclic) bond motifs is 1. The van der Waals surface area contributed by atoms with Gasteiger partial charge in [0.2, 0.25) is 0 Å². The Hall–Kier alpha value is -3.24. The highest BCUT2D eigenvalue weighted by atomic mass is 32.1. The molecule has 34 heavy (non-hydrogen) atoms. The van der Waals surface area contributed by atoms with Gasteiger partial charge in [0.05, 0.1) is 17.7 Å². The van der Waals surface area contributed by atoms with Crippen molar-refractivity contribution in [1.82, 2.24) is 4.98 Å². The molecule has 2 aromatic heterocycles. The minimum atomic E-state index is -0.563. The number of nitrogens with two attached hydrogens (primary N) is 1. The molecule has 3 aromatic rings. The second kappa shape index (κ2) is 10.8. The van der Waals surface area contributed by atoms with E-state index in [1.807, 2.05) is 31.2 Å². The van der Waals surface area contributed by atoms with Crippen molar-refractivity contribution in [2.75, 3.05) is 11.9 Å². The van der Waals surface area contributed by atoms with E-state index in [1.165, 1.54) is 22.7 Å². The lowest BCUT2D eigenvalue weighted by molar-refractivity contribution is -0.146. The molecule has 0 radical (unpaired) electrons. The Morgan fingerprint density at radius 2 is 1.91 bits per heavy atom. The zero-order chi connectivity index (χ0) is 24.1. The first kappa shape index (κ1) is 23.9. The predicted octanol–water partition coefficient (Wildman–Crippen LogP) is 3.79. The van der Waals surface area contributed by atoms with E-state index in [9.17, 15) is 14.4 Å². The summed E-state index contributed by atoms with van der Waals surface area (Å²) in [4.78, 5) is 41.9. The third kappa shape index (κ3) is 6.00. The van der Waals surface area contributed by atoms with Gasteiger partial charge in [0.15, 0.2) is 6.61 Å². The number of esters is 1. The summed E-state index contributed by atoms with van der Waals surface area (Å²) in [6.07, 6.45) is 3.64. The maximum Gasteiger partial charge on any atom is 0.312 e. The number of nitrogens with one attached hydrogen (secondary N) is 1. The number of rotatable bonds is 9. The van der Waals surface area contributed by atoms with E-state index in [-0.39, 0.29) is 6.42 Å². The fourth-order valence-electron chi connectivity index (χ4n) is 3.70. The molecule has 0 aliphatic heterocycles. The summed E-state index contributed by atoms with van der Waals surface area (Å²) < 4.78 is 10.8. The molecule has 0 bridgehead atoms. The second-order valence-electron chi connectivity index (χ2n) is 8.00. The highest BCUT2D eigenvalue weighted by Crippen LogP contribution is 2.37. The summed E-state index contributed by atoms with van der Waals surface area (Å²) >= 11 is 2.76. The van der Waals surface area contributed by atoms with Crippen LogP contribution in [0.2, 0.25) is 0 Å². The van der Waals surface area contributed by atoms with Crippen molar-refractivity contribution >= 4 is 45.5 Å². The van der Waals surface area contributed by atoms with E-state index in [4.69, 9.17) is 15.2 Å². The van der Waals surface area contributed by atoms with Crippen LogP contribution in [-0.2, 0) is 40.2 Å². The molecule has 8 nitrogen and oxygen atoms in total. The van der Waals surface area contributed by atoms with E-state index < -0.39 is 24.4 Å². The van der Waals surface area contributed by atoms with Gasteiger partial charge in [-0.1, -0.05) is 17.7 Å². The number of anilines is 1. The number of benzene rings is 1. The zero-order valence-corrected chi connectivity index (χ0v) is 20.4. The van der Waals surface area contributed by atoms with Gasteiger partial charge >= 0.3 is 5.97 Å². The number of thiophene rings is 1. The lowest BCUT2D eigenvalue weighted by Crippen LogP contribution is -2.23. The highest BCUT2D eigenvalue weighted by Gasteiger charge is 2.25. The molecule has 0 atom stereocenters. The third-order valence-corrected chi connectivity index (χ3v) is 7.42. The molecule has 0 fully saturated rings. The quantitative estimate of drug-likeness (QED) is 0.432. The first-order chi connectivity index (χ1) is 16.4. The number of carbonyl (C=O) groups excluding carboxylic acids is 3. The van der Waals surface area contributed by atoms with Crippen LogP contribution in [0.25, 0.3) is 0 Å². The lowest BCUT2D eigenvalue weighted by atomic mass is 9.95. The van der Waals surface area contributed by atoms with Crippen molar-refractivity contribution in [3.05, 3.63) is 61.9 Å². The minimum Gasteiger partial charge on any atom is -0.486 e. The Balaban J connectivity index is 1.25. The van der Waals surface area contributed by atoms with Crippen LogP contribution >= 0.6 is 22.7 Å². The van der Waals surface area contributed by atoms with Crippen LogP contribution in [0.3, 0.4) is 0 Å². The highest BCUT2D eigenvalue weighted by molar-refractivity contribution is 7.17. The molecule has 0 saturated carbocycles. The topological polar surface area (TPSA) is 121 Å². The number of hydrogen-bond donors (Lipinski definition) is 2. The van der Waals surface area contributed by atoms with Gasteiger partial charge in [-0.3, -0.25) is 14.4 Å². The average Bonchev–Trinajstić information content (AvgIpc) is 3.41. The Bertz CT molecular complexity index is 1200. The molecule has 0 saturated heterocycles. The van der Waals surface area contributed by atoms with Crippen LogP contribution in [0.15, 0.2) is 29.6 Å². The van der Waals surface area contributed by atoms with Crippen molar-refractivity contribution < 1.29 is 23.9 Å². The largest absolute Gasteiger partial charge is 0.486 e. The van der Waals surface area contributed by atoms with Crippen LogP contribution in [0.4, 0.5) is 5.00 Å². The number of carbonyl (C=O) groups is 3. The summed E-state index contributed by atoms with van der Waals surface area (Å²) in [5, 5.41) is 5.61. The molecular formula is C24H25N3O5S2. The van der Waals surface area contributed by atoms with Crippen LogP contribution in [0.5, 0.6) is 5.75 Å². The number of aryl methyl sites for hydroxylation is 2. The van der Waals surface area contributed by atoms with Gasteiger partial charge in [-0.05, 0) is 50.3 Å². The fraction of sp³-hybridized carbons (Fsp3) is 0.333. The van der Waals surface area contributed by atoms with Gasteiger partial charge in [0.25, 0.3) is 11.8 Å². The number of aromatic nitrogens is 1. The van der Waals surface area contributed by atoms with Crippen molar-refractivity contribution in [2.24, 2.45) is 5.73 Å². The zero-order valence-electron chi connectivity index (χ0n) is 18.7. The molecule has 2 heterocycles. The molecule has 0 unspecified atom stereocenters. The third-order valence-electron chi connectivity index (χ3n) is 5.34. The Morgan fingerprint density at radius 1 is 1.15 bits per heavy atom. The SMILES string of the molecule is Cc1ccc(OCc2nc(CC(=O)OCC(=O)Nc3sc4c(c3C(N)=O)CCCC4)cs2)cc1. The molecule has 0 spiro atoms. The minimum absolute atomic E-state index is 0.0475. The monoisotopic (exact) mass is 499 g/mol. The molecule has 178 valence electrons. The molecule has 10 heteroatoms. The summed E-state index contributed by atoms with van der Waals surface area (Å²) in [5.74, 6) is -0.886. The van der Waals surface area contributed by atoms with E-state index >= 15 is 0 Å². The molecule has 1 aromatic carbocycles. The number of ether oxygens (including phenoxy) is 2. The number of amides is 2. The van der Waals surface area contributed by atoms with E-state index in [0.717, 1.165) is 52.4 Å². The summed E-state index contributed by atoms with van der Waals surface area (Å²) in [6.45, 7) is 1.86. The van der Waals surface area contributed by atoms with Crippen LogP contribution < -0.4 is 15.8 Å². The summed E-state index contributed by atoms with van der Waals surface area (Å²) in [7, 11) is 0. The molecule has 2 amide bonds. The molecule has 1 aliphatic rings. The maximum atomic E-state index is 12.3. The first-order valence-corrected chi connectivity index (χ1v) is 12.6. The van der Waals surface area contributed by atoms with Gasteiger partial charge in [0, 0.05) is 10.3 Å². The van der Waals surface area contributed by atoms with Gasteiger partial charge in [-0.25, -0.2) is 4.98 Å². The standard InChI is InChI=1S/C24H25N3O5S2/c1-14-6-8-16(9-7-14)31-12-20-26-15(13-33-20)10-21(29)32-11-19(28)27-24-22(23(25)30)17-4-2-3-5-18(17)34-24/h6-9,13H,2-5,10-12H2,1H3,(H2,25,30)(H,27,28). The number of thiazole rings is 1. The van der Waals surface area contributed by atoms with E-state index in [1.54, 1.807) is 5.38 Å². The smallest absolute Gasteiger partial charge is 0.312 e. The number of nitrogens with zero attached hydrogens (tertiary/aromatic N) is 1. The predicted molar refractivity (Wildman–Crippen MR) is 130 cm³/mol. The Kier molecular flexibility index (Phi) is 7.59. The van der Waals surface area contributed by atoms with Crippen LogP contribution in [0.1, 0.15) is 49.9 Å². The Labute approximate surface area is 205 Å². The first-order valence-electron chi connectivity index (χ1n) is 10.9. The van der Waals surface area contributed by atoms with Crippen LogP contribution in [-0.4, -0.2) is 29.4 Å². The molecular weight excluding hydrogens is 474 g/mol. The fourth-order valence-corrected chi connectivity index (χ4v) is 5.71. The van der Waals surface area contributed by atoms with Gasteiger partial charge in [0.1, 0.15) is 22.4 Å². The van der Waals surface area contributed by atoms with Crippen molar-refractivity contribution in [3.8, 4) is 5.75 Å². The van der Waals surface area contributed by atoms with Crippen molar-refractivity contribution in [1.29, 1.82) is 0 Å². The van der Waals surface area contributed by atoms with Crippen LogP contribution in [0, 0.1) is 6.92 Å². The lowest BCUT2D eigenvalue weighted by Gasteiger charge is -2.11. The number of hydrogen-bond acceptors (Lipinski definition) is 8. The maximum absolute atomic E-state index is 12.3. The molecule has 3 N–H and O–H groups in total. The number of primary amides is 1. The van der Waals surface area contributed by atoms with Crippen molar-refractivity contribution in [2.45, 2.75) is 45.6 Å². The summed E-state index contributed by atoms with van der Waals surface area (Å²) in [5.41, 5.74) is 8.56. The van der Waals surface area contributed by atoms with Crippen molar-refractivity contribution in [3.63, 3.8) is 0 Å². The normalized spacial score (nSPS) is 12.6. The van der Waals surface area contributed by atoms with Gasteiger partial charge < -0.3 is 20.5 Å². The molecule has 1 aliphatic carbocycles. The Morgan fingerprint density at radius 3 is 2.68 bits per heavy atom. The van der Waals surface area contributed by atoms with E-state index in [0.29, 0.717) is 22.9 Å². The van der Waals surface area contributed by atoms with E-state index in [2.05, 4.69) is 10.3 Å².